The second-order valence-electron chi connectivity index (χ2n) is 32.0. The van der Waals surface area contributed by atoms with Gasteiger partial charge >= 0.3 is 23.9 Å². The number of benzene rings is 8. The number of nitrogens with zero attached hydrogens (tertiary/aromatic N) is 4. The van der Waals surface area contributed by atoms with Gasteiger partial charge in [0.25, 0.3) is 23.6 Å². The first kappa shape index (κ1) is 94.2. The number of carboxylic acids is 4. The number of aliphatic carboxylic acids is 4. The molecule has 4 aromatic heterocycles. The summed E-state index contributed by atoms with van der Waals surface area (Å²) in [5.41, 5.74) is 10.1. The Morgan fingerprint density at radius 3 is 0.871 bits per heavy atom. The van der Waals surface area contributed by atoms with Crippen molar-refractivity contribution in [3.63, 3.8) is 0 Å². The molecule has 132 heavy (non-hydrogen) atoms. The molecule has 678 valence electrons. The van der Waals surface area contributed by atoms with E-state index >= 15 is 0 Å². The molecule has 24 heteroatoms. The van der Waals surface area contributed by atoms with Gasteiger partial charge in [0.2, 0.25) is 0 Å². The van der Waals surface area contributed by atoms with Crippen molar-refractivity contribution in [3.8, 4) is 80.1 Å². The number of carbonyl (C=O) groups excluding carboxylic acids is 4. The summed E-state index contributed by atoms with van der Waals surface area (Å²) in [5.74, 6) is 8.30. The van der Waals surface area contributed by atoms with Crippen molar-refractivity contribution in [3.05, 3.63) is 349 Å². The minimum atomic E-state index is -0.865. The maximum atomic E-state index is 13.3. The number of carbonyl (C=O) groups is 8. The van der Waals surface area contributed by atoms with Crippen LogP contribution in [0.15, 0.2) is 322 Å². The van der Waals surface area contributed by atoms with Gasteiger partial charge in [-0.15, -0.1) is 0 Å². The molecule has 4 aliphatic carbocycles. The van der Waals surface area contributed by atoms with Crippen LogP contribution < -0.4 is 18.9 Å². The molecule has 16 rings (SSSR count). The molecule has 4 amide bonds. The standard InChI is InChI=1S/3C27H27NO5.C27H25NO5/c4*29-26(30)10-2-1-5-17-32-25-8-4-3-7-22(25)19-28(23-15-16-23)27(31)21-13-11-20(12-14-21)24-9-6-18-33-24/h2*1,3-9,11-14,18,23H,2,10,15-17,19H2,(H,29,30);1-4,6-9,11-14,18,23H,5,10,15-17,19H2,(H,29,30);3-4,6-9,11-14,18,23H,2,10,15-17,19H2,(H,29,30)/b5-1+;5-1-;2-1-;. The second kappa shape index (κ2) is 48.7. The summed E-state index contributed by atoms with van der Waals surface area (Å²) in [6.07, 6.45) is 27.4. The summed E-state index contributed by atoms with van der Waals surface area (Å²) in [4.78, 5) is 103. The van der Waals surface area contributed by atoms with Crippen LogP contribution in [0.1, 0.15) is 166 Å². The van der Waals surface area contributed by atoms with Crippen LogP contribution in [0.5, 0.6) is 23.0 Å². The largest absolute Gasteiger partial charge is 0.493 e. The lowest BCUT2D eigenvalue weighted by atomic mass is 10.1. The molecule has 0 aliphatic heterocycles. The molecule has 0 atom stereocenters. The minimum Gasteiger partial charge on any atom is -0.493 e. The normalized spacial score (nSPS) is 13.0. The van der Waals surface area contributed by atoms with Crippen LogP contribution in [0, 0.1) is 11.8 Å². The Labute approximate surface area is 766 Å². The van der Waals surface area contributed by atoms with E-state index in [0.717, 1.165) is 136 Å². The number of amides is 4. The molecule has 4 fully saturated rings. The number of hydrogen-bond donors (Lipinski definition) is 4. The highest BCUT2D eigenvalue weighted by atomic mass is 16.5. The maximum Gasteiger partial charge on any atom is 0.307 e. The molecule has 0 bridgehead atoms. The molecule has 4 saturated carbocycles. The number of rotatable bonds is 42. The summed E-state index contributed by atoms with van der Waals surface area (Å²) in [5, 5.41) is 34.8. The number of para-hydroxylation sites is 4. The topological polar surface area (TPSA) is 320 Å². The van der Waals surface area contributed by atoms with E-state index in [1.165, 1.54) is 0 Å². The Hall–Kier alpha value is -15.4. The Balaban J connectivity index is 0.000000150. The Kier molecular flexibility index (Phi) is 34.8. The molecular formula is C108H106N4O20. The second-order valence-corrected chi connectivity index (χ2v) is 32.0. The number of ether oxygens (including phenoxy) is 4. The van der Waals surface area contributed by atoms with Gasteiger partial charge in [-0.3, -0.25) is 38.4 Å². The van der Waals surface area contributed by atoms with E-state index in [2.05, 4.69) is 11.8 Å². The number of carboxylic acid groups (broad SMARTS) is 4. The third-order valence-electron chi connectivity index (χ3n) is 21.9. The van der Waals surface area contributed by atoms with Gasteiger partial charge in [-0.2, -0.15) is 0 Å². The first-order chi connectivity index (χ1) is 64.5. The van der Waals surface area contributed by atoms with E-state index in [1.54, 1.807) is 31.1 Å². The Morgan fingerprint density at radius 2 is 0.591 bits per heavy atom. The van der Waals surface area contributed by atoms with E-state index in [0.29, 0.717) is 99.7 Å². The van der Waals surface area contributed by atoms with E-state index in [-0.39, 0.29) is 80.1 Å². The van der Waals surface area contributed by atoms with Crippen molar-refractivity contribution in [1.82, 2.24) is 19.6 Å². The summed E-state index contributed by atoms with van der Waals surface area (Å²) in [6.45, 7) is 3.19. The highest BCUT2D eigenvalue weighted by Gasteiger charge is 2.38. The van der Waals surface area contributed by atoms with Gasteiger partial charge in [0.05, 0.1) is 44.5 Å². The maximum absolute atomic E-state index is 13.3. The highest BCUT2D eigenvalue weighted by molar-refractivity contribution is 5.97. The Morgan fingerprint density at radius 1 is 0.303 bits per heavy atom. The molecule has 8 aromatic carbocycles. The quantitative estimate of drug-likeness (QED) is 0.0157. The van der Waals surface area contributed by atoms with Crippen molar-refractivity contribution < 1.29 is 95.4 Å². The van der Waals surface area contributed by atoms with E-state index in [4.69, 9.17) is 57.0 Å². The van der Waals surface area contributed by atoms with E-state index in [1.807, 2.05) is 293 Å². The average molecular weight is 1780 g/mol. The summed E-state index contributed by atoms with van der Waals surface area (Å²) in [7, 11) is 0. The predicted octanol–water partition coefficient (Wildman–Crippen LogP) is 21.7. The van der Waals surface area contributed by atoms with E-state index < -0.39 is 23.9 Å². The van der Waals surface area contributed by atoms with Gasteiger partial charge in [0.15, 0.2) is 0 Å². The zero-order valence-corrected chi connectivity index (χ0v) is 73.3. The number of allylic oxidation sites excluding steroid dienone is 2. The molecule has 0 spiro atoms. The number of hydrogen-bond acceptors (Lipinski definition) is 16. The smallest absolute Gasteiger partial charge is 0.307 e. The minimum absolute atomic E-state index is 0.00636. The molecule has 0 saturated heterocycles. The fourth-order valence-electron chi connectivity index (χ4n) is 14.4. The first-order valence-electron chi connectivity index (χ1n) is 44.4. The van der Waals surface area contributed by atoms with Gasteiger partial charge in [0.1, 0.15) is 65.9 Å². The average Bonchev–Trinajstić information content (AvgIpc) is 1.69. The predicted molar refractivity (Wildman–Crippen MR) is 499 cm³/mol. The van der Waals surface area contributed by atoms with Crippen LogP contribution in [-0.2, 0) is 45.4 Å². The van der Waals surface area contributed by atoms with Gasteiger partial charge in [-0.25, -0.2) is 0 Å². The van der Waals surface area contributed by atoms with Gasteiger partial charge < -0.3 is 76.6 Å². The molecule has 0 unspecified atom stereocenters. The lowest BCUT2D eigenvalue weighted by Crippen LogP contribution is -2.32. The van der Waals surface area contributed by atoms with Crippen LogP contribution in [0.4, 0.5) is 0 Å². The fourth-order valence-corrected chi connectivity index (χ4v) is 14.4. The van der Waals surface area contributed by atoms with Crippen molar-refractivity contribution in [2.75, 3.05) is 26.4 Å². The summed E-state index contributed by atoms with van der Waals surface area (Å²) in [6, 6.07) is 76.7. The zero-order valence-electron chi connectivity index (χ0n) is 73.3. The third kappa shape index (κ3) is 29.3. The highest BCUT2D eigenvalue weighted by Crippen LogP contribution is 2.38. The summed E-state index contributed by atoms with van der Waals surface area (Å²) < 4.78 is 45.3. The molecule has 4 aliphatic rings. The lowest BCUT2D eigenvalue weighted by Gasteiger charge is -2.24. The van der Waals surface area contributed by atoms with Crippen molar-refractivity contribution in [2.24, 2.45) is 0 Å². The summed E-state index contributed by atoms with van der Waals surface area (Å²) >= 11 is 0. The van der Waals surface area contributed by atoms with Crippen LogP contribution in [0.3, 0.4) is 0 Å². The zero-order chi connectivity index (χ0) is 92.2. The van der Waals surface area contributed by atoms with Crippen LogP contribution >= 0.6 is 0 Å². The fraction of sp³-hybridized carbons (Fsp3) is 0.259. The number of furan rings is 4. The molecule has 4 N–H and O–H groups in total. The lowest BCUT2D eigenvalue weighted by molar-refractivity contribution is -0.137. The van der Waals surface area contributed by atoms with E-state index in [9.17, 15) is 38.4 Å². The third-order valence-corrected chi connectivity index (χ3v) is 21.9. The molecule has 4 heterocycles. The molecule has 12 aromatic rings. The Bertz CT molecular complexity index is 5720. The van der Waals surface area contributed by atoms with Crippen LogP contribution in [0.25, 0.3) is 45.3 Å². The first-order valence-corrected chi connectivity index (χ1v) is 44.4. The van der Waals surface area contributed by atoms with Crippen molar-refractivity contribution in [1.29, 1.82) is 0 Å². The molecular weight excluding hydrogens is 1670 g/mol. The van der Waals surface area contributed by atoms with Crippen LogP contribution in [-0.4, -0.2) is 138 Å². The van der Waals surface area contributed by atoms with Gasteiger partial charge in [0, 0.05) is 136 Å². The molecule has 0 radical (unpaired) electrons. The van der Waals surface area contributed by atoms with Crippen molar-refractivity contribution in [2.45, 2.75) is 153 Å². The van der Waals surface area contributed by atoms with Gasteiger partial charge in [-0.05, 0) is 192 Å². The van der Waals surface area contributed by atoms with Crippen LogP contribution in [0.2, 0.25) is 0 Å². The van der Waals surface area contributed by atoms with Crippen molar-refractivity contribution >= 4 is 47.5 Å². The SMILES string of the molecule is O=C(O)C/C=C\CCOc1ccccc1CN(C(=O)c1ccc(-c2ccco2)cc1)C1CC1.O=C(O)CC/C=C/COc1ccccc1CN(C(=O)c1ccc(-c2ccco2)cc1)C1CC1.O=C(O)CC/C=C\COc1ccccc1CN(C(=O)c1ccc(-c2ccco2)cc1)C1CC1.O=C(O)CCC#CCOc1ccccc1CN(C(=O)c1ccc(-c2ccco2)cc1)C1CC1. The van der Waals surface area contributed by atoms with Gasteiger partial charge in [-0.1, -0.05) is 170 Å². The monoisotopic (exact) mass is 1780 g/mol. The molecule has 24 nitrogen and oxygen atoms in total.